The maximum absolute atomic E-state index is 11.4. The highest BCUT2D eigenvalue weighted by molar-refractivity contribution is 9.10. The van der Waals surface area contributed by atoms with Gasteiger partial charge in [0.1, 0.15) is 10.3 Å². The van der Waals surface area contributed by atoms with E-state index in [0.717, 1.165) is 12.2 Å². The van der Waals surface area contributed by atoms with Gasteiger partial charge in [0.15, 0.2) is 0 Å². The minimum atomic E-state index is -0.408. The maximum atomic E-state index is 11.4. The van der Waals surface area contributed by atoms with Gasteiger partial charge in [-0.05, 0) is 54.2 Å². The fourth-order valence-corrected chi connectivity index (χ4v) is 2.87. The second-order valence-corrected chi connectivity index (χ2v) is 5.29. The molecule has 18 heavy (non-hydrogen) atoms. The zero-order valence-electron chi connectivity index (χ0n) is 10.6. The summed E-state index contributed by atoms with van der Waals surface area (Å²) in [6.45, 7) is 3.26. The predicted octanol–water partition coefficient (Wildman–Crippen LogP) is 3.01. The van der Waals surface area contributed by atoms with Gasteiger partial charge in [-0.15, -0.1) is 0 Å². The fraction of sp³-hybridized carbons (Fsp3) is 0.538. The minimum Gasteiger partial charge on any atom is -0.464 e. The smallest absolute Gasteiger partial charge is 0.356 e. The Morgan fingerprint density at radius 1 is 1.50 bits per heavy atom. The molecule has 2 rings (SSSR count). The van der Waals surface area contributed by atoms with Crippen molar-refractivity contribution in [2.75, 3.05) is 18.6 Å². The van der Waals surface area contributed by atoms with E-state index in [1.807, 2.05) is 6.07 Å². The number of hydrogen-bond acceptors (Lipinski definition) is 4. The summed E-state index contributed by atoms with van der Waals surface area (Å²) in [5.41, 5.74) is 1.38. The molecule has 0 spiro atoms. The van der Waals surface area contributed by atoms with E-state index in [1.165, 1.54) is 26.4 Å². The zero-order valence-corrected chi connectivity index (χ0v) is 12.2. The fourth-order valence-electron chi connectivity index (χ4n) is 2.32. The maximum Gasteiger partial charge on any atom is 0.356 e. The number of aromatic nitrogens is 1. The summed E-state index contributed by atoms with van der Waals surface area (Å²) < 4.78 is 5.37. The van der Waals surface area contributed by atoms with Gasteiger partial charge in [-0.1, -0.05) is 0 Å². The number of rotatable bonds is 2. The van der Waals surface area contributed by atoms with Crippen molar-refractivity contribution in [3.63, 3.8) is 0 Å². The van der Waals surface area contributed by atoms with Crippen LogP contribution in [0.4, 0.5) is 5.69 Å². The predicted molar refractivity (Wildman–Crippen MR) is 73.9 cm³/mol. The normalized spacial score (nSPS) is 19.7. The molecule has 1 aliphatic heterocycles. The lowest BCUT2D eigenvalue weighted by Crippen LogP contribution is -2.37. The molecule has 1 aromatic rings. The Morgan fingerprint density at radius 2 is 2.28 bits per heavy atom. The first-order valence-electron chi connectivity index (χ1n) is 6.15. The van der Waals surface area contributed by atoms with Gasteiger partial charge in [0.2, 0.25) is 0 Å². The summed E-state index contributed by atoms with van der Waals surface area (Å²) >= 11 is 3.45. The Kier molecular flexibility index (Phi) is 4.22. The Balaban J connectivity index is 2.26. The molecule has 4 nitrogen and oxygen atoms in total. The molecule has 1 unspecified atom stereocenters. The van der Waals surface area contributed by atoms with E-state index in [2.05, 4.69) is 37.5 Å². The average Bonchev–Trinajstić information content (AvgIpc) is 2.39. The van der Waals surface area contributed by atoms with Crippen LogP contribution in [-0.2, 0) is 4.74 Å². The first-order valence-corrected chi connectivity index (χ1v) is 6.94. The van der Waals surface area contributed by atoms with E-state index in [1.54, 1.807) is 6.07 Å². The van der Waals surface area contributed by atoms with Crippen molar-refractivity contribution >= 4 is 27.6 Å². The lowest BCUT2D eigenvalue weighted by atomic mass is 10.0. The third kappa shape index (κ3) is 2.66. The number of anilines is 1. The molecule has 98 valence electrons. The molecule has 0 amide bonds. The lowest BCUT2D eigenvalue weighted by molar-refractivity contribution is 0.0594. The SMILES string of the molecule is COC(=O)c1ccc(N2CCCCC2C)c(Br)n1. The summed E-state index contributed by atoms with van der Waals surface area (Å²) in [5.74, 6) is -0.408. The number of piperidine rings is 1. The van der Waals surface area contributed by atoms with Gasteiger partial charge in [-0.25, -0.2) is 9.78 Å². The van der Waals surface area contributed by atoms with Crippen LogP contribution < -0.4 is 4.90 Å². The topological polar surface area (TPSA) is 42.4 Å². The van der Waals surface area contributed by atoms with Crippen LogP contribution >= 0.6 is 15.9 Å². The Bertz CT molecular complexity index is 451. The molecular weight excluding hydrogens is 296 g/mol. The second kappa shape index (κ2) is 5.69. The van der Waals surface area contributed by atoms with Crippen LogP contribution in [0.2, 0.25) is 0 Å². The number of carbonyl (C=O) groups excluding carboxylic acids is 1. The van der Waals surface area contributed by atoms with Gasteiger partial charge in [0.25, 0.3) is 0 Å². The third-order valence-corrected chi connectivity index (χ3v) is 3.92. The van der Waals surface area contributed by atoms with Crippen molar-refractivity contribution < 1.29 is 9.53 Å². The Labute approximate surface area is 115 Å². The van der Waals surface area contributed by atoms with E-state index in [4.69, 9.17) is 0 Å². The number of nitrogens with zero attached hydrogens (tertiary/aromatic N) is 2. The summed E-state index contributed by atoms with van der Waals surface area (Å²) in [7, 11) is 1.36. The number of methoxy groups -OCH3 is 1. The molecule has 0 N–H and O–H groups in total. The largest absolute Gasteiger partial charge is 0.464 e. The van der Waals surface area contributed by atoms with Crippen molar-refractivity contribution in [1.82, 2.24) is 4.98 Å². The van der Waals surface area contributed by atoms with Crippen molar-refractivity contribution in [2.45, 2.75) is 32.2 Å². The molecular formula is C13H17BrN2O2. The lowest BCUT2D eigenvalue weighted by Gasteiger charge is -2.35. The molecule has 0 aromatic carbocycles. The van der Waals surface area contributed by atoms with E-state index < -0.39 is 5.97 Å². The number of hydrogen-bond donors (Lipinski definition) is 0. The third-order valence-electron chi connectivity index (χ3n) is 3.34. The second-order valence-electron chi connectivity index (χ2n) is 4.54. The summed E-state index contributed by atoms with van der Waals surface area (Å²) in [4.78, 5) is 18.0. The molecule has 1 aliphatic rings. The van der Waals surface area contributed by atoms with Crippen LogP contribution in [0.25, 0.3) is 0 Å². The van der Waals surface area contributed by atoms with Crippen LogP contribution in [0, 0.1) is 0 Å². The van der Waals surface area contributed by atoms with Crippen molar-refractivity contribution in [3.8, 4) is 0 Å². The van der Waals surface area contributed by atoms with Gasteiger partial charge in [0.05, 0.1) is 12.8 Å². The molecule has 0 radical (unpaired) electrons. The number of halogens is 1. The highest BCUT2D eigenvalue weighted by Crippen LogP contribution is 2.30. The minimum absolute atomic E-state index is 0.331. The van der Waals surface area contributed by atoms with Crippen molar-refractivity contribution in [1.29, 1.82) is 0 Å². The number of ether oxygens (including phenoxy) is 1. The molecule has 0 aliphatic carbocycles. The van der Waals surface area contributed by atoms with E-state index in [9.17, 15) is 4.79 Å². The number of carbonyl (C=O) groups is 1. The summed E-state index contributed by atoms with van der Waals surface area (Å²) in [6.07, 6.45) is 3.68. The number of pyridine rings is 1. The molecule has 0 saturated carbocycles. The van der Waals surface area contributed by atoms with Crippen LogP contribution in [-0.4, -0.2) is 30.6 Å². The van der Waals surface area contributed by atoms with Crippen LogP contribution in [0.5, 0.6) is 0 Å². The first kappa shape index (κ1) is 13.3. The molecule has 1 saturated heterocycles. The molecule has 1 atom stereocenters. The Morgan fingerprint density at radius 3 is 2.89 bits per heavy atom. The first-order chi connectivity index (χ1) is 8.63. The highest BCUT2D eigenvalue weighted by Gasteiger charge is 2.21. The van der Waals surface area contributed by atoms with Gasteiger partial charge >= 0.3 is 5.97 Å². The summed E-state index contributed by atoms with van der Waals surface area (Å²) in [5, 5.41) is 0. The number of esters is 1. The Hall–Kier alpha value is -1.10. The van der Waals surface area contributed by atoms with Crippen molar-refractivity contribution in [2.24, 2.45) is 0 Å². The summed E-state index contributed by atoms with van der Waals surface area (Å²) in [6, 6.07) is 4.17. The zero-order chi connectivity index (χ0) is 13.1. The van der Waals surface area contributed by atoms with Gasteiger partial charge in [0, 0.05) is 12.6 Å². The van der Waals surface area contributed by atoms with Crippen molar-refractivity contribution in [3.05, 3.63) is 22.4 Å². The average molecular weight is 313 g/mol. The molecule has 1 fully saturated rings. The van der Waals surface area contributed by atoms with Crippen LogP contribution in [0.3, 0.4) is 0 Å². The standard InChI is InChI=1S/C13H17BrN2O2/c1-9-5-3-4-8-16(9)11-7-6-10(13(17)18-2)15-12(11)14/h6-7,9H,3-5,8H2,1-2H3. The molecule has 2 heterocycles. The quantitative estimate of drug-likeness (QED) is 0.622. The van der Waals surface area contributed by atoms with E-state index >= 15 is 0 Å². The monoisotopic (exact) mass is 312 g/mol. The van der Waals surface area contributed by atoms with E-state index in [-0.39, 0.29) is 0 Å². The van der Waals surface area contributed by atoms with E-state index in [0.29, 0.717) is 16.3 Å². The van der Waals surface area contributed by atoms with Gasteiger partial charge < -0.3 is 9.64 Å². The molecule has 1 aromatic heterocycles. The molecule has 0 bridgehead atoms. The van der Waals surface area contributed by atoms with Crippen LogP contribution in [0.15, 0.2) is 16.7 Å². The van der Waals surface area contributed by atoms with Crippen LogP contribution in [0.1, 0.15) is 36.7 Å². The molecule has 5 heteroatoms. The van der Waals surface area contributed by atoms with Gasteiger partial charge in [-0.2, -0.15) is 0 Å². The highest BCUT2D eigenvalue weighted by atomic mass is 79.9. The van der Waals surface area contributed by atoms with Gasteiger partial charge in [-0.3, -0.25) is 0 Å².